The molecule has 8 rings (SSSR count). The van der Waals surface area contributed by atoms with E-state index in [1.54, 1.807) is 0 Å². The molecule has 8 aromatic carbocycles. The van der Waals surface area contributed by atoms with E-state index < -0.39 is 0 Å². The van der Waals surface area contributed by atoms with Crippen molar-refractivity contribution in [2.45, 2.75) is 52.6 Å². The van der Waals surface area contributed by atoms with Crippen LogP contribution in [0.1, 0.15) is 50.7 Å². The van der Waals surface area contributed by atoms with E-state index in [2.05, 4.69) is 186 Å². The summed E-state index contributed by atoms with van der Waals surface area (Å²) in [5.74, 6) is 1.03. The standard InChI is InChI=1S/2C22H19.C2H6Si.2ClH.Hf/c2*1-15(2)21-14-17-9-4-6-12-19(17)22(21)20-13-7-10-16-8-3-5-11-18(16)20;1-3-2;;;/h2*3-15H,1-2H3;1-2H3;2*1H;/q2*-1;;;;+2/p-2. The third kappa shape index (κ3) is 8.43. The summed E-state index contributed by atoms with van der Waals surface area (Å²) in [6, 6.07) is 52.8. The molecule has 0 heterocycles. The molecule has 0 saturated heterocycles. The van der Waals surface area contributed by atoms with Gasteiger partial charge in [-0.1, -0.05) is 136 Å². The fourth-order valence-corrected chi connectivity index (χ4v) is 6.89. The maximum atomic E-state index is 2.36. The molecular weight excluding hydrogens is 830 g/mol. The van der Waals surface area contributed by atoms with Crippen LogP contribution in [0.15, 0.2) is 146 Å². The molecule has 0 bridgehead atoms. The molecule has 0 N–H and O–H groups in total. The molecule has 252 valence electrons. The molecule has 0 aromatic heterocycles. The Morgan fingerprint density at radius 2 is 0.740 bits per heavy atom. The summed E-state index contributed by atoms with van der Waals surface area (Å²) in [6.45, 7) is 13.8. The van der Waals surface area contributed by atoms with Gasteiger partial charge in [0.05, 0.1) is 0 Å². The van der Waals surface area contributed by atoms with Crippen LogP contribution in [0.3, 0.4) is 0 Å². The zero-order chi connectivity index (χ0) is 33.8. The van der Waals surface area contributed by atoms with Crippen LogP contribution >= 0.6 is 0 Å². The van der Waals surface area contributed by atoms with Gasteiger partial charge in [-0.2, -0.15) is 0 Å². The van der Waals surface area contributed by atoms with Gasteiger partial charge in [-0.3, -0.25) is 0 Å². The van der Waals surface area contributed by atoms with Crippen molar-refractivity contribution in [1.82, 2.24) is 0 Å². The Morgan fingerprint density at radius 3 is 1.10 bits per heavy atom. The molecule has 0 aliphatic carbocycles. The first-order valence-electron chi connectivity index (χ1n) is 17.1. The molecule has 0 unspecified atom stereocenters. The first-order chi connectivity index (χ1) is 23.2. The van der Waals surface area contributed by atoms with Crippen LogP contribution in [-0.2, 0) is 23.0 Å². The van der Waals surface area contributed by atoms with Crippen molar-refractivity contribution in [1.29, 1.82) is 0 Å². The van der Waals surface area contributed by atoms with E-state index in [1.807, 2.05) is 0 Å². The molecule has 0 fully saturated rings. The van der Waals surface area contributed by atoms with E-state index in [0.29, 0.717) is 11.8 Å². The number of hydrogen-bond acceptors (Lipinski definition) is 0. The summed E-state index contributed by atoms with van der Waals surface area (Å²) in [5.41, 5.74) is 8.65. The average Bonchev–Trinajstić information content (AvgIpc) is 3.68. The minimum Gasteiger partial charge on any atom is -1.00 e. The molecule has 0 nitrogen and oxygen atoms in total. The fourth-order valence-electron chi connectivity index (χ4n) is 6.89. The Bertz CT molecular complexity index is 2180. The third-order valence-electron chi connectivity index (χ3n) is 9.02. The van der Waals surface area contributed by atoms with Gasteiger partial charge in [-0.05, 0) is 33.4 Å². The molecule has 0 radical (unpaired) electrons. The van der Waals surface area contributed by atoms with E-state index in [4.69, 9.17) is 0 Å². The Kier molecular flexibility index (Phi) is 14.1. The zero-order valence-electron chi connectivity index (χ0n) is 29.8. The van der Waals surface area contributed by atoms with E-state index in [9.17, 15) is 0 Å². The van der Waals surface area contributed by atoms with Gasteiger partial charge in [-0.25, -0.2) is 0 Å². The Labute approximate surface area is 325 Å². The summed E-state index contributed by atoms with van der Waals surface area (Å²) in [7, 11) is 0. The van der Waals surface area contributed by atoms with Crippen molar-refractivity contribution in [3.05, 3.63) is 157 Å². The Morgan fingerprint density at radius 1 is 0.440 bits per heavy atom. The largest absolute Gasteiger partial charge is 1.00 e. The van der Waals surface area contributed by atoms with Crippen molar-refractivity contribution >= 4 is 48.6 Å². The first-order valence-corrected chi connectivity index (χ1v) is 25.0. The molecule has 0 amide bonds. The van der Waals surface area contributed by atoms with Crippen LogP contribution in [0.2, 0.25) is 13.1 Å². The molecule has 0 spiro atoms. The molecule has 50 heavy (non-hydrogen) atoms. The van der Waals surface area contributed by atoms with Crippen molar-refractivity contribution < 1.29 is 47.8 Å². The third-order valence-corrected chi connectivity index (χ3v) is 9.02. The van der Waals surface area contributed by atoms with E-state index in [1.165, 1.54) is 99.5 Å². The summed E-state index contributed by atoms with van der Waals surface area (Å²) in [5, 5.41) is 10.7. The molecular formula is C46H44Cl2HfSi-2. The van der Waals surface area contributed by atoms with Crippen LogP contribution in [0, 0.1) is 0 Å². The summed E-state index contributed by atoms with van der Waals surface area (Å²) < 4.78 is 0. The molecule has 0 saturated carbocycles. The molecule has 4 heteroatoms. The van der Waals surface area contributed by atoms with Gasteiger partial charge in [0.2, 0.25) is 0 Å². The topological polar surface area (TPSA) is 0 Å². The quantitative estimate of drug-likeness (QED) is 0.125. The second-order valence-corrected chi connectivity index (χ2v) is 26.3. The SMILES string of the molecule is CC(C)c1[cH-]c2ccccc2c1-c1cccc2ccccc12.CC(C)c1[cH-]c2ccccc2c1-c1cccc2ccccc12.C[Si](C)=[Hf+2].[Cl-].[Cl-]. The van der Waals surface area contributed by atoms with Crippen molar-refractivity contribution in [2.24, 2.45) is 0 Å². The first kappa shape index (κ1) is 39.5. The second-order valence-electron chi connectivity index (χ2n) is 13.5. The van der Waals surface area contributed by atoms with Crippen LogP contribution in [-0.4, -0.2) is 5.49 Å². The number of halogens is 2. The van der Waals surface area contributed by atoms with Crippen molar-refractivity contribution in [2.75, 3.05) is 0 Å². The molecule has 0 aliphatic rings. The summed E-state index contributed by atoms with van der Waals surface area (Å²) in [4.78, 5) is 0. The number of benzene rings is 6. The van der Waals surface area contributed by atoms with Gasteiger partial charge in [0.1, 0.15) is 0 Å². The second kappa shape index (κ2) is 17.8. The van der Waals surface area contributed by atoms with Gasteiger partial charge in [0.15, 0.2) is 0 Å². The minimum atomic E-state index is 0. The maximum absolute atomic E-state index is 2.36. The monoisotopic (exact) mass is 874 g/mol. The number of hydrogen-bond donors (Lipinski definition) is 0. The normalized spacial score (nSPS) is 10.8. The van der Waals surface area contributed by atoms with Gasteiger partial charge >= 0.3 is 41.6 Å². The van der Waals surface area contributed by atoms with Gasteiger partial charge < -0.3 is 24.8 Å². The Balaban J connectivity index is 0.000000196. The smallest absolute Gasteiger partial charge is 1.00 e. The predicted molar refractivity (Wildman–Crippen MR) is 211 cm³/mol. The van der Waals surface area contributed by atoms with Crippen LogP contribution in [0.25, 0.3) is 65.3 Å². The predicted octanol–water partition coefficient (Wildman–Crippen LogP) is 7.80. The van der Waals surface area contributed by atoms with E-state index in [-0.39, 0.29) is 30.3 Å². The van der Waals surface area contributed by atoms with Crippen LogP contribution in [0.5, 0.6) is 0 Å². The van der Waals surface area contributed by atoms with Gasteiger partial charge in [0, 0.05) is 0 Å². The maximum Gasteiger partial charge on any atom is -1.00 e. The van der Waals surface area contributed by atoms with E-state index >= 15 is 0 Å². The average molecular weight is 874 g/mol. The molecule has 0 aliphatic heterocycles. The molecule has 0 atom stereocenters. The van der Waals surface area contributed by atoms with Gasteiger partial charge in [-0.15, -0.1) is 92.3 Å². The zero-order valence-corrected chi connectivity index (χ0v) is 35.9. The van der Waals surface area contributed by atoms with E-state index in [0.717, 1.165) is 0 Å². The Hall–Kier alpha value is -3.27. The molecule has 8 aromatic rings. The summed E-state index contributed by atoms with van der Waals surface area (Å²) >= 11 is 1.45. The fraction of sp³-hybridized carbons (Fsp3) is 0.174. The number of fused-ring (bicyclic) bond motifs is 4. The van der Waals surface area contributed by atoms with Crippen LogP contribution < -0.4 is 24.8 Å². The van der Waals surface area contributed by atoms with Crippen molar-refractivity contribution in [3.8, 4) is 22.3 Å². The van der Waals surface area contributed by atoms with Crippen molar-refractivity contribution in [3.63, 3.8) is 0 Å². The van der Waals surface area contributed by atoms with Gasteiger partial charge in [0.25, 0.3) is 0 Å². The van der Waals surface area contributed by atoms with Crippen LogP contribution in [0.4, 0.5) is 0 Å². The summed E-state index contributed by atoms with van der Waals surface area (Å²) in [6.07, 6.45) is 0. The minimum absolute atomic E-state index is 0. The number of rotatable bonds is 4.